The number of ether oxygens (including phenoxy) is 1. The van der Waals surface area contributed by atoms with E-state index in [1.54, 1.807) is 6.07 Å². The van der Waals surface area contributed by atoms with Gasteiger partial charge in [0.15, 0.2) is 0 Å². The van der Waals surface area contributed by atoms with Crippen molar-refractivity contribution >= 4 is 28.0 Å². The zero-order valence-corrected chi connectivity index (χ0v) is 12.2. The molecule has 1 N–H and O–H groups in total. The Morgan fingerprint density at radius 1 is 1.20 bits per heavy atom. The largest absolute Gasteiger partial charge is 0.489 e. The molecule has 0 saturated heterocycles. The lowest BCUT2D eigenvalue weighted by Gasteiger charge is -2.07. The molecule has 0 aliphatic carbocycles. The van der Waals surface area contributed by atoms with E-state index < -0.39 is 5.97 Å². The number of aliphatic carboxylic acids is 1. The van der Waals surface area contributed by atoms with Crippen LogP contribution in [0, 0.1) is 0 Å². The van der Waals surface area contributed by atoms with Crippen molar-refractivity contribution in [3.05, 3.63) is 70.2 Å². The number of hydrogen-bond acceptors (Lipinski definition) is 2. The third-order valence-electron chi connectivity index (χ3n) is 2.60. The first-order valence-electron chi connectivity index (χ1n) is 6.02. The molecule has 0 aromatic heterocycles. The maximum atomic E-state index is 10.5. The first kappa shape index (κ1) is 14.3. The fraction of sp³-hybridized carbons (Fsp3) is 0.0625. The quantitative estimate of drug-likeness (QED) is 0.837. The minimum Gasteiger partial charge on any atom is -0.489 e. The van der Waals surface area contributed by atoms with Crippen LogP contribution in [0.2, 0.25) is 0 Å². The smallest absolute Gasteiger partial charge is 0.328 e. The fourth-order valence-electron chi connectivity index (χ4n) is 1.62. The average molecular weight is 333 g/mol. The Kier molecular flexibility index (Phi) is 4.96. The van der Waals surface area contributed by atoms with E-state index in [1.165, 1.54) is 6.08 Å². The summed E-state index contributed by atoms with van der Waals surface area (Å²) < 4.78 is 6.71. The second-order valence-corrected chi connectivity index (χ2v) is 5.07. The van der Waals surface area contributed by atoms with E-state index in [0.29, 0.717) is 12.4 Å². The SMILES string of the molecule is O=C(O)/C=C/c1cccc(OCc2ccc(Br)cc2)c1. The molecule has 2 aromatic rings. The normalized spacial score (nSPS) is 10.7. The van der Waals surface area contributed by atoms with Gasteiger partial charge in [0.05, 0.1) is 0 Å². The summed E-state index contributed by atoms with van der Waals surface area (Å²) >= 11 is 3.38. The van der Waals surface area contributed by atoms with Crippen LogP contribution in [0.4, 0.5) is 0 Å². The monoisotopic (exact) mass is 332 g/mol. The molecule has 102 valence electrons. The molecular weight excluding hydrogens is 320 g/mol. The van der Waals surface area contributed by atoms with Crippen molar-refractivity contribution in [3.63, 3.8) is 0 Å². The maximum Gasteiger partial charge on any atom is 0.328 e. The Morgan fingerprint density at radius 2 is 1.95 bits per heavy atom. The third kappa shape index (κ3) is 4.55. The van der Waals surface area contributed by atoms with Gasteiger partial charge in [0.1, 0.15) is 12.4 Å². The highest BCUT2D eigenvalue weighted by atomic mass is 79.9. The summed E-state index contributed by atoms with van der Waals surface area (Å²) in [4.78, 5) is 10.5. The maximum absolute atomic E-state index is 10.5. The number of carboxylic acids is 1. The molecule has 4 heteroatoms. The number of halogens is 1. The molecule has 0 radical (unpaired) electrons. The molecule has 0 amide bonds. The van der Waals surface area contributed by atoms with Crippen molar-refractivity contribution in [3.8, 4) is 5.75 Å². The Hall–Kier alpha value is -2.07. The topological polar surface area (TPSA) is 46.5 Å². The van der Waals surface area contributed by atoms with Gasteiger partial charge in [0.25, 0.3) is 0 Å². The molecule has 0 aliphatic heterocycles. The average Bonchev–Trinajstić information content (AvgIpc) is 2.45. The van der Waals surface area contributed by atoms with Crippen LogP contribution >= 0.6 is 15.9 Å². The first-order chi connectivity index (χ1) is 9.63. The summed E-state index contributed by atoms with van der Waals surface area (Å²) in [6.07, 6.45) is 2.64. The second-order valence-electron chi connectivity index (χ2n) is 4.16. The van der Waals surface area contributed by atoms with Crippen LogP contribution in [0.3, 0.4) is 0 Å². The molecular formula is C16H13BrO3. The zero-order chi connectivity index (χ0) is 14.4. The summed E-state index contributed by atoms with van der Waals surface area (Å²) in [6, 6.07) is 15.2. The van der Waals surface area contributed by atoms with Crippen LogP contribution < -0.4 is 4.74 Å². The van der Waals surface area contributed by atoms with Crippen LogP contribution in [0.1, 0.15) is 11.1 Å². The predicted octanol–water partition coefficient (Wildman–Crippen LogP) is 4.13. The van der Waals surface area contributed by atoms with Crippen molar-refractivity contribution in [2.24, 2.45) is 0 Å². The van der Waals surface area contributed by atoms with Gasteiger partial charge in [0.2, 0.25) is 0 Å². The highest BCUT2D eigenvalue weighted by Gasteiger charge is 1.98. The van der Waals surface area contributed by atoms with Crippen molar-refractivity contribution < 1.29 is 14.6 Å². The van der Waals surface area contributed by atoms with Crippen LogP contribution in [0.15, 0.2) is 59.1 Å². The zero-order valence-electron chi connectivity index (χ0n) is 10.6. The Morgan fingerprint density at radius 3 is 2.65 bits per heavy atom. The molecule has 0 fully saturated rings. The lowest BCUT2D eigenvalue weighted by molar-refractivity contribution is -0.131. The molecule has 0 bridgehead atoms. The molecule has 0 unspecified atom stereocenters. The van der Waals surface area contributed by atoms with Gasteiger partial charge in [-0.3, -0.25) is 0 Å². The minimum atomic E-state index is -0.966. The van der Waals surface area contributed by atoms with E-state index in [0.717, 1.165) is 21.7 Å². The van der Waals surface area contributed by atoms with Gasteiger partial charge in [-0.05, 0) is 41.5 Å². The number of benzene rings is 2. The number of carboxylic acid groups (broad SMARTS) is 1. The number of hydrogen-bond donors (Lipinski definition) is 1. The van der Waals surface area contributed by atoms with E-state index in [9.17, 15) is 4.79 Å². The van der Waals surface area contributed by atoms with Crippen LogP contribution in [-0.4, -0.2) is 11.1 Å². The van der Waals surface area contributed by atoms with Crippen LogP contribution in [0.5, 0.6) is 5.75 Å². The van der Waals surface area contributed by atoms with Crippen LogP contribution in [-0.2, 0) is 11.4 Å². The van der Waals surface area contributed by atoms with E-state index in [2.05, 4.69) is 15.9 Å². The second kappa shape index (κ2) is 6.91. The van der Waals surface area contributed by atoms with E-state index in [-0.39, 0.29) is 0 Å². The van der Waals surface area contributed by atoms with Gasteiger partial charge in [0, 0.05) is 10.5 Å². The Balaban J connectivity index is 2.01. The highest BCUT2D eigenvalue weighted by Crippen LogP contribution is 2.17. The Bertz CT molecular complexity index is 618. The summed E-state index contributed by atoms with van der Waals surface area (Å²) in [6.45, 7) is 0.472. The molecule has 0 heterocycles. The highest BCUT2D eigenvalue weighted by molar-refractivity contribution is 9.10. The predicted molar refractivity (Wildman–Crippen MR) is 81.6 cm³/mol. The molecule has 0 spiro atoms. The molecule has 20 heavy (non-hydrogen) atoms. The molecule has 0 atom stereocenters. The molecule has 0 aliphatic rings. The molecule has 2 rings (SSSR count). The number of rotatable bonds is 5. The summed E-state index contributed by atoms with van der Waals surface area (Å²) in [5.74, 6) is -0.258. The standard InChI is InChI=1S/C16H13BrO3/c17-14-7-4-13(5-8-14)11-20-15-3-1-2-12(10-15)6-9-16(18)19/h1-10H,11H2,(H,18,19)/b9-6+. The lowest BCUT2D eigenvalue weighted by atomic mass is 10.2. The minimum absolute atomic E-state index is 0.472. The van der Waals surface area contributed by atoms with Gasteiger partial charge < -0.3 is 9.84 Å². The molecule has 2 aromatic carbocycles. The van der Waals surface area contributed by atoms with E-state index >= 15 is 0 Å². The number of carbonyl (C=O) groups is 1. The summed E-state index contributed by atoms with van der Waals surface area (Å²) in [7, 11) is 0. The van der Waals surface area contributed by atoms with Crippen molar-refractivity contribution in [2.75, 3.05) is 0 Å². The van der Waals surface area contributed by atoms with Gasteiger partial charge in [-0.1, -0.05) is 40.2 Å². The van der Waals surface area contributed by atoms with Crippen molar-refractivity contribution in [1.82, 2.24) is 0 Å². The van der Waals surface area contributed by atoms with E-state index in [4.69, 9.17) is 9.84 Å². The van der Waals surface area contributed by atoms with Gasteiger partial charge in [-0.15, -0.1) is 0 Å². The summed E-state index contributed by atoms with van der Waals surface area (Å²) in [5.41, 5.74) is 1.86. The van der Waals surface area contributed by atoms with Crippen LogP contribution in [0.25, 0.3) is 6.08 Å². The van der Waals surface area contributed by atoms with Gasteiger partial charge in [-0.2, -0.15) is 0 Å². The fourth-order valence-corrected chi connectivity index (χ4v) is 1.89. The summed E-state index contributed by atoms with van der Waals surface area (Å²) in [5, 5.41) is 8.60. The van der Waals surface area contributed by atoms with Gasteiger partial charge >= 0.3 is 5.97 Å². The van der Waals surface area contributed by atoms with E-state index in [1.807, 2.05) is 42.5 Å². The lowest BCUT2D eigenvalue weighted by Crippen LogP contribution is -1.95. The van der Waals surface area contributed by atoms with Crippen molar-refractivity contribution in [1.29, 1.82) is 0 Å². The third-order valence-corrected chi connectivity index (χ3v) is 3.12. The first-order valence-corrected chi connectivity index (χ1v) is 6.81. The molecule has 0 saturated carbocycles. The van der Waals surface area contributed by atoms with Crippen molar-refractivity contribution in [2.45, 2.75) is 6.61 Å². The molecule has 3 nitrogen and oxygen atoms in total. The van der Waals surface area contributed by atoms with Gasteiger partial charge in [-0.25, -0.2) is 4.79 Å². The Labute approximate surface area is 125 Å².